The second-order valence-electron chi connectivity index (χ2n) is 19.7. The van der Waals surface area contributed by atoms with E-state index in [0.29, 0.717) is 6.42 Å². The SMILES string of the molecule is CCCCCCCC/C=C\CCCCCCCCCCCC(=O)NC(COC1OC(CO)C(O)C(O)C1O)C(O)/C=C/CC/C=C/CCCCCCCCCCCCCCCCCCCC. The number of unbranched alkanes of at least 4 members (excludes halogenated alkanes) is 34. The maximum atomic E-state index is 13.0. The number of carbonyl (C=O) groups excluding carboxylic acids is 1. The third-order valence-electron chi connectivity index (χ3n) is 13.4. The molecule has 1 aliphatic rings. The van der Waals surface area contributed by atoms with Crippen molar-refractivity contribution in [1.82, 2.24) is 5.32 Å². The van der Waals surface area contributed by atoms with Gasteiger partial charge in [-0.3, -0.25) is 4.79 Å². The van der Waals surface area contributed by atoms with Gasteiger partial charge in [-0.15, -0.1) is 0 Å². The second-order valence-corrected chi connectivity index (χ2v) is 19.7. The number of hydrogen-bond donors (Lipinski definition) is 6. The van der Waals surface area contributed by atoms with Gasteiger partial charge in [0.2, 0.25) is 5.91 Å². The van der Waals surface area contributed by atoms with Crippen LogP contribution in [-0.4, -0.2) is 87.5 Å². The molecule has 0 saturated carbocycles. The van der Waals surface area contributed by atoms with Gasteiger partial charge in [0.25, 0.3) is 0 Å². The maximum Gasteiger partial charge on any atom is 0.220 e. The first kappa shape index (κ1) is 62.4. The Bertz CT molecular complexity index is 1130. The van der Waals surface area contributed by atoms with Crippen LogP contribution in [0.5, 0.6) is 0 Å². The minimum absolute atomic E-state index is 0.187. The van der Waals surface area contributed by atoms with E-state index in [9.17, 15) is 30.3 Å². The van der Waals surface area contributed by atoms with Crippen LogP contribution < -0.4 is 5.32 Å². The average molecular weight is 934 g/mol. The smallest absolute Gasteiger partial charge is 0.220 e. The Kier molecular flexibility index (Phi) is 44.6. The van der Waals surface area contributed by atoms with E-state index < -0.39 is 49.5 Å². The van der Waals surface area contributed by atoms with Crippen molar-refractivity contribution in [2.75, 3.05) is 13.2 Å². The molecule has 1 heterocycles. The van der Waals surface area contributed by atoms with E-state index in [1.54, 1.807) is 6.08 Å². The Balaban J connectivity index is 2.27. The second kappa shape index (κ2) is 47.1. The Morgan fingerprint density at radius 2 is 0.864 bits per heavy atom. The predicted octanol–water partition coefficient (Wildman–Crippen LogP) is 13.6. The number of hydrogen-bond acceptors (Lipinski definition) is 8. The van der Waals surface area contributed by atoms with Crippen LogP contribution >= 0.6 is 0 Å². The molecule has 0 aromatic heterocycles. The number of carbonyl (C=O) groups is 1. The zero-order valence-electron chi connectivity index (χ0n) is 43.0. The van der Waals surface area contributed by atoms with E-state index in [-0.39, 0.29) is 12.5 Å². The Morgan fingerprint density at radius 1 is 0.500 bits per heavy atom. The molecular weight excluding hydrogens is 827 g/mol. The van der Waals surface area contributed by atoms with E-state index >= 15 is 0 Å². The molecule has 7 atom stereocenters. The van der Waals surface area contributed by atoms with Crippen molar-refractivity contribution in [3.63, 3.8) is 0 Å². The molecule has 66 heavy (non-hydrogen) atoms. The maximum absolute atomic E-state index is 13.0. The van der Waals surface area contributed by atoms with E-state index in [0.717, 1.165) is 38.5 Å². The molecule has 1 fully saturated rings. The lowest BCUT2D eigenvalue weighted by atomic mass is 9.99. The van der Waals surface area contributed by atoms with Crippen LogP contribution in [-0.2, 0) is 14.3 Å². The van der Waals surface area contributed by atoms with Crippen molar-refractivity contribution >= 4 is 5.91 Å². The number of ether oxygens (including phenoxy) is 2. The number of rotatable bonds is 48. The number of nitrogens with one attached hydrogen (secondary N) is 1. The highest BCUT2D eigenvalue weighted by molar-refractivity contribution is 5.76. The Morgan fingerprint density at radius 3 is 1.27 bits per heavy atom. The highest BCUT2D eigenvalue weighted by Crippen LogP contribution is 2.23. The van der Waals surface area contributed by atoms with Gasteiger partial charge >= 0.3 is 0 Å². The largest absolute Gasteiger partial charge is 0.394 e. The standard InChI is InChI=1S/C57H107NO8/c1-3-5-7-9-11-13-15-17-19-21-23-24-25-26-27-29-30-32-34-36-38-40-42-44-46-51(60)50(49-65-57-56(64)55(63)54(62)52(48-59)66-57)58-53(61)47-45-43-41-39-37-35-33-31-28-22-20-18-16-14-12-10-8-6-4-2/h18,20,36,38,44,46,50-52,54-57,59-60,62-64H,3-17,19,21-35,37,39-43,45,47-49H2,1-2H3,(H,58,61)/b20-18-,38-36+,46-44+. The molecule has 0 radical (unpaired) electrons. The van der Waals surface area contributed by atoms with E-state index in [1.807, 2.05) is 6.08 Å². The normalized spacial score (nSPS) is 20.0. The van der Waals surface area contributed by atoms with Gasteiger partial charge in [0, 0.05) is 6.42 Å². The van der Waals surface area contributed by atoms with Gasteiger partial charge in [-0.2, -0.15) is 0 Å². The highest BCUT2D eigenvalue weighted by atomic mass is 16.7. The minimum Gasteiger partial charge on any atom is -0.394 e. The van der Waals surface area contributed by atoms with Gasteiger partial charge in [-0.1, -0.05) is 237 Å². The third-order valence-corrected chi connectivity index (χ3v) is 13.4. The van der Waals surface area contributed by atoms with Crippen LogP contribution in [0.15, 0.2) is 36.5 Å². The molecule has 0 aliphatic carbocycles. The van der Waals surface area contributed by atoms with Crippen molar-refractivity contribution in [2.24, 2.45) is 0 Å². The Hall–Kier alpha value is -1.59. The molecule has 1 aliphatic heterocycles. The first-order valence-corrected chi connectivity index (χ1v) is 28.2. The third kappa shape index (κ3) is 36.4. The summed E-state index contributed by atoms with van der Waals surface area (Å²) in [4.78, 5) is 13.0. The van der Waals surface area contributed by atoms with Crippen molar-refractivity contribution in [1.29, 1.82) is 0 Å². The molecule has 9 nitrogen and oxygen atoms in total. The van der Waals surface area contributed by atoms with Gasteiger partial charge in [-0.25, -0.2) is 0 Å². The van der Waals surface area contributed by atoms with Crippen molar-refractivity contribution in [3.8, 4) is 0 Å². The summed E-state index contributed by atoms with van der Waals surface area (Å²) in [6.45, 7) is 3.78. The first-order chi connectivity index (χ1) is 32.3. The zero-order chi connectivity index (χ0) is 48.0. The van der Waals surface area contributed by atoms with Gasteiger partial charge in [0.05, 0.1) is 25.4 Å². The van der Waals surface area contributed by atoms with Crippen LogP contribution in [0.3, 0.4) is 0 Å². The molecule has 9 heteroatoms. The fraction of sp³-hybridized carbons (Fsp3) is 0.877. The lowest BCUT2D eigenvalue weighted by molar-refractivity contribution is -0.302. The number of amides is 1. The summed E-state index contributed by atoms with van der Waals surface area (Å²) in [6.07, 6.45) is 53.5. The van der Waals surface area contributed by atoms with Crippen molar-refractivity contribution < 1.29 is 39.8 Å². The first-order valence-electron chi connectivity index (χ1n) is 28.2. The molecule has 7 unspecified atom stereocenters. The van der Waals surface area contributed by atoms with E-state index in [1.165, 1.54) is 205 Å². The summed E-state index contributed by atoms with van der Waals surface area (Å²) in [5, 5.41) is 54.4. The quantitative estimate of drug-likeness (QED) is 0.0261. The topological polar surface area (TPSA) is 149 Å². The molecular formula is C57H107NO8. The average Bonchev–Trinajstić information content (AvgIpc) is 3.32. The number of allylic oxidation sites excluding steroid dienone is 5. The number of aliphatic hydroxyl groups excluding tert-OH is 5. The number of aliphatic hydroxyl groups is 5. The molecule has 1 saturated heterocycles. The van der Waals surface area contributed by atoms with Crippen molar-refractivity contribution in [3.05, 3.63) is 36.5 Å². The summed E-state index contributed by atoms with van der Waals surface area (Å²) in [6, 6.07) is -0.822. The van der Waals surface area contributed by atoms with Crippen LogP contribution in [0.25, 0.3) is 0 Å². The fourth-order valence-electron chi connectivity index (χ4n) is 8.93. The van der Waals surface area contributed by atoms with Crippen LogP contribution in [0.4, 0.5) is 0 Å². The van der Waals surface area contributed by atoms with Gasteiger partial charge in [-0.05, 0) is 57.8 Å². The lowest BCUT2D eigenvalue weighted by Crippen LogP contribution is -2.60. The summed E-state index contributed by atoms with van der Waals surface area (Å²) in [7, 11) is 0. The molecule has 6 N–H and O–H groups in total. The van der Waals surface area contributed by atoms with Crippen LogP contribution in [0, 0.1) is 0 Å². The molecule has 1 rings (SSSR count). The van der Waals surface area contributed by atoms with Gasteiger partial charge in [0.15, 0.2) is 6.29 Å². The molecule has 1 amide bonds. The van der Waals surface area contributed by atoms with Gasteiger partial charge < -0.3 is 40.3 Å². The van der Waals surface area contributed by atoms with E-state index in [4.69, 9.17) is 9.47 Å². The minimum atomic E-state index is -1.57. The fourth-order valence-corrected chi connectivity index (χ4v) is 8.93. The zero-order valence-corrected chi connectivity index (χ0v) is 43.0. The van der Waals surface area contributed by atoms with Crippen LogP contribution in [0.1, 0.15) is 264 Å². The summed E-state index contributed by atoms with van der Waals surface area (Å²) in [5.41, 5.74) is 0. The predicted molar refractivity (Wildman–Crippen MR) is 276 cm³/mol. The van der Waals surface area contributed by atoms with Gasteiger partial charge in [0.1, 0.15) is 24.4 Å². The lowest BCUT2D eigenvalue weighted by Gasteiger charge is -2.40. The molecule has 0 bridgehead atoms. The monoisotopic (exact) mass is 934 g/mol. The summed E-state index contributed by atoms with van der Waals surface area (Å²) >= 11 is 0. The Labute approximate surface area is 406 Å². The molecule has 0 aromatic rings. The van der Waals surface area contributed by atoms with Crippen LogP contribution in [0.2, 0.25) is 0 Å². The molecule has 0 spiro atoms. The van der Waals surface area contributed by atoms with E-state index in [2.05, 4.69) is 43.5 Å². The molecule has 0 aromatic carbocycles. The van der Waals surface area contributed by atoms with Crippen molar-refractivity contribution in [2.45, 2.75) is 307 Å². The summed E-state index contributed by atoms with van der Waals surface area (Å²) < 4.78 is 11.3. The summed E-state index contributed by atoms with van der Waals surface area (Å²) in [5.74, 6) is -0.187. The molecule has 388 valence electrons. The highest BCUT2D eigenvalue weighted by Gasteiger charge is 2.44.